The van der Waals surface area contributed by atoms with E-state index in [9.17, 15) is 4.79 Å². The van der Waals surface area contributed by atoms with E-state index in [-0.39, 0.29) is 5.91 Å². The topological polar surface area (TPSA) is 29.1 Å². The summed E-state index contributed by atoms with van der Waals surface area (Å²) in [7, 11) is 0. The first-order valence-corrected chi connectivity index (χ1v) is 3.49. The summed E-state index contributed by atoms with van der Waals surface area (Å²) < 4.78 is 0. The van der Waals surface area contributed by atoms with Gasteiger partial charge in [0.15, 0.2) is 0 Å². The quantitative estimate of drug-likeness (QED) is 0.478. The Hall–Kier alpha value is -1.31. The normalized spacial score (nSPS) is 10.5. The Morgan fingerprint density at radius 2 is 2.18 bits per heavy atom. The van der Waals surface area contributed by atoms with Crippen molar-refractivity contribution in [3.63, 3.8) is 0 Å². The second-order valence-corrected chi connectivity index (χ2v) is 1.92. The Morgan fingerprint density at radius 3 is 2.55 bits per heavy atom. The molecule has 0 aliphatic carbocycles. The van der Waals surface area contributed by atoms with E-state index in [1.54, 1.807) is 12.2 Å². The van der Waals surface area contributed by atoms with Gasteiger partial charge in [0.05, 0.1) is 0 Å². The van der Waals surface area contributed by atoms with Crippen LogP contribution in [0, 0.1) is 0 Å². The average Bonchev–Trinajstić information content (AvgIpc) is 2.00. The SMILES string of the molecule is C=C/C=C(\C=C)C(=O)NCC. The van der Waals surface area contributed by atoms with Gasteiger partial charge in [0, 0.05) is 12.1 Å². The van der Waals surface area contributed by atoms with Crippen molar-refractivity contribution in [3.05, 3.63) is 37.0 Å². The molecule has 0 aromatic heterocycles. The molecule has 0 atom stereocenters. The molecule has 0 bridgehead atoms. The molecule has 0 aromatic rings. The summed E-state index contributed by atoms with van der Waals surface area (Å²) in [5.74, 6) is -0.109. The predicted molar refractivity (Wildman–Crippen MR) is 47.2 cm³/mol. The van der Waals surface area contributed by atoms with Crippen LogP contribution in [-0.4, -0.2) is 12.5 Å². The van der Waals surface area contributed by atoms with Crippen LogP contribution in [0.4, 0.5) is 0 Å². The van der Waals surface area contributed by atoms with Crippen molar-refractivity contribution in [2.24, 2.45) is 0 Å². The second kappa shape index (κ2) is 5.47. The average molecular weight is 151 g/mol. The zero-order valence-corrected chi connectivity index (χ0v) is 6.76. The highest BCUT2D eigenvalue weighted by Gasteiger charge is 2.00. The Kier molecular flexibility index (Phi) is 4.82. The van der Waals surface area contributed by atoms with Crippen LogP contribution >= 0.6 is 0 Å². The van der Waals surface area contributed by atoms with Crippen LogP contribution < -0.4 is 5.32 Å². The summed E-state index contributed by atoms with van der Waals surface area (Å²) in [6.07, 6.45) is 4.69. The number of carbonyl (C=O) groups is 1. The molecule has 0 rings (SSSR count). The lowest BCUT2D eigenvalue weighted by molar-refractivity contribution is -0.117. The van der Waals surface area contributed by atoms with Gasteiger partial charge < -0.3 is 5.32 Å². The summed E-state index contributed by atoms with van der Waals surface area (Å²) in [5, 5.41) is 2.66. The molecule has 2 nitrogen and oxygen atoms in total. The van der Waals surface area contributed by atoms with Crippen LogP contribution in [-0.2, 0) is 4.79 Å². The van der Waals surface area contributed by atoms with Crippen molar-refractivity contribution >= 4 is 5.91 Å². The van der Waals surface area contributed by atoms with E-state index in [2.05, 4.69) is 18.5 Å². The van der Waals surface area contributed by atoms with Crippen molar-refractivity contribution < 1.29 is 4.79 Å². The third kappa shape index (κ3) is 3.40. The van der Waals surface area contributed by atoms with Crippen molar-refractivity contribution in [1.82, 2.24) is 5.32 Å². The number of likely N-dealkylation sites (N-methyl/N-ethyl adjacent to an activating group) is 1. The molecule has 0 saturated carbocycles. The van der Waals surface area contributed by atoms with E-state index in [4.69, 9.17) is 0 Å². The van der Waals surface area contributed by atoms with Gasteiger partial charge >= 0.3 is 0 Å². The maximum atomic E-state index is 11.1. The van der Waals surface area contributed by atoms with Gasteiger partial charge in [-0.2, -0.15) is 0 Å². The standard InChI is InChI=1S/C9H13NO/c1-4-7-8(5-2)9(11)10-6-3/h4-5,7H,1-2,6H2,3H3,(H,10,11)/b8-7+. The number of nitrogens with one attached hydrogen (secondary N) is 1. The molecule has 0 fully saturated rings. The Labute approximate surface area is 67.3 Å². The number of hydrogen-bond acceptors (Lipinski definition) is 1. The highest BCUT2D eigenvalue weighted by molar-refractivity contribution is 5.96. The number of rotatable bonds is 4. The van der Waals surface area contributed by atoms with Gasteiger partial charge in [-0.25, -0.2) is 0 Å². The van der Waals surface area contributed by atoms with E-state index in [1.807, 2.05) is 6.92 Å². The van der Waals surface area contributed by atoms with E-state index in [0.717, 1.165) is 0 Å². The largest absolute Gasteiger partial charge is 0.352 e. The first kappa shape index (κ1) is 9.69. The fourth-order valence-corrected chi connectivity index (χ4v) is 0.626. The van der Waals surface area contributed by atoms with Crippen LogP contribution in [0.25, 0.3) is 0 Å². The van der Waals surface area contributed by atoms with Gasteiger partial charge in [0.25, 0.3) is 5.91 Å². The fourth-order valence-electron chi connectivity index (χ4n) is 0.626. The molecule has 0 aliphatic heterocycles. The minimum Gasteiger partial charge on any atom is -0.352 e. The van der Waals surface area contributed by atoms with Gasteiger partial charge in [-0.1, -0.05) is 31.4 Å². The molecule has 0 aromatic carbocycles. The number of hydrogen-bond donors (Lipinski definition) is 1. The third-order valence-electron chi connectivity index (χ3n) is 1.12. The van der Waals surface area contributed by atoms with E-state index in [0.29, 0.717) is 12.1 Å². The van der Waals surface area contributed by atoms with Gasteiger partial charge in [-0.15, -0.1) is 0 Å². The van der Waals surface area contributed by atoms with Gasteiger partial charge in [0.2, 0.25) is 0 Å². The molecular weight excluding hydrogens is 138 g/mol. The van der Waals surface area contributed by atoms with E-state index >= 15 is 0 Å². The summed E-state index contributed by atoms with van der Waals surface area (Å²) in [5.41, 5.74) is 0.543. The lowest BCUT2D eigenvalue weighted by Crippen LogP contribution is -2.23. The molecule has 0 unspecified atom stereocenters. The molecule has 1 amide bonds. The van der Waals surface area contributed by atoms with E-state index < -0.39 is 0 Å². The van der Waals surface area contributed by atoms with Crippen molar-refractivity contribution in [2.75, 3.05) is 6.54 Å². The predicted octanol–water partition coefficient (Wildman–Crippen LogP) is 1.42. The molecule has 60 valence electrons. The molecule has 11 heavy (non-hydrogen) atoms. The van der Waals surface area contributed by atoms with Crippen LogP contribution in [0.15, 0.2) is 37.0 Å². The maximum Gasteiger partial charge on any atom is 0.251 e. The minimum atomic E-state index is -0.109. The first-order chi connectivity index (χ1) is 5.26. The molecule has 2 heteroatoms. The Balaban J connectivity index is 4.25. The lowest BCUT2D eigenvalue weighted by atomic mass is 10.2. The first-order valence-electron chi connectivity index (χ1n) is 3.49. The molecule has 0 heterocycles. The number of carbonyl (C=O) groups excluding carboxylic acids is 1. The molecular formula is C9H13NO. The second-order valence-electron chi connectivity index (χ2n) is 1.92. The summed E-state index contributed by atoms with van der Waals surface area (Å²) in [6, 6.07) is 0. The smallest absolute Gasteiger partial charge is 0.251 e. The van der Waals surface area contributed by atoms with Gasteiger partial charge in [0.1, 0.15) is 0 Å². The highest BCUT2D eigenvalue weighted by Crippen LogP contribution is 1.94. The zero-order chi connectivity index (χ0) is 8.69. The fraction of sp³-hybridized carbons (Fsp3) is 0.222. The van der Waals surface area contributed by atoms with Gasteiger partial charge in [-0.05, 0) is 6.92 Å². The monoisotopic (exact) mass is 151 g/mol. The summed E-state index contributed by atoms with van der Waals surface area (Å²) in [6.45, 7) is 9.49. The molecule has 0 spiro atoms. The van der Waals surface area contributed by atoms with Gasteiger partial charge in [-0.3, -0.25) is 4.79 Å². The van der Waals surface area contributed by atoms with Crippen LogP contribution in [0.1, 0.15) is 6.92 Å². The van der Waals surface area contributed by atoms with Crippen molar-refractivity contribution in [2.45, 2.75) is 6.92 Å². The molecule has 1 N–H and O–H groups in total. The maximum absolute atomic E-state index is 11.1. The minimum absolute atomic E-state index is 0.109. The van der Waals surface area contributed by atoms with Crippen LogP contribution in [0.3, 0.4) is 0 Å². The van der Waals surface area contributed by atoms with Crippen molar-refractivity contribution in [1.29, 1.82) is 0 Å². The lowest BCUT2D eigenvalue weighted by Gasteiger charge is -2.00. The van der Waals surface area contributed by atoms with E-state index in [1.165, 1.54) is 6.08 Å². The molecule has 0 radical (unpaired) electrons. The number of allylic oxidation sites excluding steroid dienone is 2. The highest BCUT2D eigenvalue weighted by atomic mass is 16.1. The van der Waals surface area contributed by atoms with Crippen LogP contribution in [0.2, 0.25) is 0 Å². The Morgan fingerprint density at radius 1 is 1.55 bits per heavy atom. The summed E-state index contributed by atoms with van der Waals surface area (Å²) >= 11 is 0. The van der Waals surface area contributed by atoms with Crippen molar-refractivity contribution in [3.8, 4) is 0 Å². The Bertz CT molecular complexity index is 192. The zero-order valence-electron chi connectivity index (χ0n) is 6.76. The van der Waals surface area contributed by atoms with Crippen LogP contribution in [0.5, 0.6) is 0 Å². The third-order valence-corrected chi connectivity index (χ3v) is 1.12. The molecule has 0 saturated heterocycles. The summed E-state index contributed by atoms with van der Waals surface area (Å²) in [4.78, 5) is 11.1. The molecule has 0 aliphatic rings. The number of amides is 1.